The SMILES string of the molecule is CCOC(=O)N[C@@H](Cc1ccccc1)C(=O)N[C@@H](Cc1ccccc1)C(=O)N[C@@H](CC1CCCCC1)[C@@H](O)[C@@H](O)CC(C)C. The molecule has 242 valence electrons. The van der Waals surface area contributed by atoms with E-state index in [0.29, 0.717) is 18.8 Å². The molecule has 1 aliphatic carbocycles. The smallest absolute Gasteiger partial charge is 0.407 e. The number of carbonyl (C=O) groups excluding carboxylic acids is 3. The summed E-state index contributed by atoms with van der Waals surface area (Å²) in [6.07, 6.45) is 3.95. The monoisotopic (exact) mass is 609 g/mol. The molecule has 3 amide bonds. The molecule has 0 spiro atoms. The highest BCUT2D eigenvalue weighted by Gasteiger charge is 2.34. The van der Waals surface area contributed by atoms with E-state index in [0.717, 1.165) is 36.8 Å². The summed E-state index contributed by atoms with van der Waals surface area (Å²) in [4.78, 5) is 40.0. The lowest BCUT2D eigenvalue weighted by molar-refractivity contribution is -0.131. The van der Waals surface area contributed by atoms with Crippen LogP contribution in [-0.4, -0.2) is 65.1 Å². The average Bonchev–Trinajstić information content (AvgIpc) is 3.01. The van der Waals surface area contributed by atoms with Gasteiger partial charge < -0.3 is 30.9 Å². The molecule has 0 bridgehead atoms. The van der Waals surface area contributed by atoms with Gasteiger partial charge in [0, 0.05) is 12.8 Å². The largest absolute Gasteiger partial charge is 0.450 e. The summed E-state index contributed by atoms with van der Waals surface area (Å²) in [5.74, 6) is -0.471. The lowest BCUT2D eigenvalue weighted by Gasteiger charge is -2.34. The third kappa shape index (κ3) is 11.9. The Hall–Kier alpha value is -3.43. The summed E-state index contributed by atoms with van der Waals surface area (Å²) < 4.78 is 5.05. The van der Waals surface area contributed by atoms with Gasteiger partial charge in [0.05, 0.1) is 18.8 Å². The Morgan fingerprint density at radius 2 is 1.32 bits per heavy atom. The van der Waals surface area contributed by atoms with Crippen molar-refractivity contribution < 1.29 is 29.3 Å². The van der Waals surface area contributed by atoms with E-state index < -0.39 is 48.2 Å². The third-order valence-electron chi connectivity index (χ3n) is 8.24. The standard InChI is InChI=1S/C35H51N3O6/c1-4-44-35(43)38-30(23-27-18-12-7-13-19-27)34(42)37-29(22-26-16-10-6-11-17-26)33(41)36-28(21-25-14-8-5-9-15-25)32(40)31(39)20-24(2)3/h6-7,10-13,16-19,24-25,28-32,39-40H,4-5,8-9,14-15,20-23H2,1-3H3,(H,36,41)(H,37,42)(H,38,43)/t28-,29-,30-,31-,32+/m0/s1. The van der Waals surface area contributed by atoms with E-state index >= 15 is 0 Å². The molecule has 1 fully saturated rings. The van der Waals surface area contributed by atoms with Gasteiger partial charge in [0.2, 0.25) is 11.8 Å². The quantitative estimate of drug-likeness (QED) is 0.193. The van der Waals surface area contributed by atoms with Gasteiger partial charge in [-0.2, -0.15) is 0 Å². The first kappa shape index (κ1) is 35.1. The van der Waals surface area contributed by atoms with E-state index in [1.54, 1.807) is 6.92 Å². The molecule has 9 heteroatoms. The van der Waals surface area contributed by atoms with E-state index in [-0.39, 0.29) is 25.4 Å². The van der Waals surface area contributed by atoms with Gasteiger partial charge in [-0.3, -0.25) is 9.59 Å². The van der Waals surface area contributed by atoms with Crippen LogP contribution in [-0.2, 0) is 27.2 Å². The summed E-state index contributed by atoms with van der Waals surface area (Å²) in [6, 6.07) is 16.0. The summed E-state index contributed by atoms with van der Waals surface area (Å²) in [6.45, 7) is 5.79. The number of hydrogen-bond donors (Lipinski definition) is 5. The van der Waals surface area contributed by atoms with Gasteiger partial charge in [0.1, 0.15) is 18.2 Å². The molecule has 9 nitrogen and oxygen atoms in total. The van der Waals surface area contributed by atoms with Crippen molar-refractivity contribution in [3.8, 4) is 0 Å². The highest BCUT2D eigenvalue weighted by molar-refractivity contribution is 5.91. The Labute approximate surface area is 262 Å². The van der Waals surface area contributed by atoms with Crippen molar-refractivity contribution >= 4 is 17.9 Å². The van der Waals surface area contributed by atoms with Crippen LogP contribution in [0.2, 0.25) is 0 Å². The van der Waals surface area contributed by atoms with Gasteiger partial charge in [-0.25, -0.2) is 4.79 Å². The molecule has 0 unspecified atom stereocenters. The molecule has 2 aromatic rings. The maximum Gasteiger partial charge on any atom is 0.407 e. The predicted molar refractivity (Wildman–Crippen MR) is 171 cm³/mol. The number of aliphatic hydroxyl groups excluding tert-OH is 2. The first-order valence-electron chi connectivity index (χ1n) is 16.1. The summed E-state index contributed by atoms with van der Waals surface area (Å²) in [7, 11) is 0. The second-order valence-corrected chi connectivity index (χ2v) is 12.4. The molecule has 5 N–H and O–H groups in total. The minimum absolute atomic E-state index is 0.151. The number of hydrogen-bond acceptors (Lipinski definition) is 6. The van der Waals surface area contributed by atoms with Crippen molar-refractivity contribution in [2.45, 2.75) is 109 Å². The van der Waals surface area contributed by atoms with Crippen molar-refractivity contribution in [1.29, 1.82) is 0 Å². The van der Waals surface area contributed by atoms with Crippen LogP contribution in [0, 0.1) is 11.8 Å². The van der Waals surface area contributed by atoms with Crippen LogP contribution in [0.5, 0.6) is 0 Å². The second-order valence-electron chi connectivity index (χ2n) is 12.4. The third-order valence-corrected chi connectivity index (χ3v) is 8.24. The van der Waals surface area contributed by atoms with Crippen molar-refractivity contribution in [1.82, 2.24) is 16.0 Å². The maximum absolute atomic E-state index is 14.0. The lowest BCUT2D eigenvalue weighted by Crippen LogP contribution is -2.58. The van der Waals surface area contributed by atoms with Crippen LogP contribution in [0.25, 0.3) is 0 Å². The normalized spacial score (nSPS) is 17.1. The van der Waals surface area contributed by atoms with Gasteiger partial charge in [-0.15, -0.1) is 0 Å². The number of carbonyl (C=O) groups is 3. The predicted octanol–water partition coefficient (Wildman–Crippen LogP) is 4.29. The Morgan fingerprint density at radius 1 is 0.795 bits per heavy atom. The fourth-order valence-electron chi connectivity index (χ4n) is 5.95. The number of nitrogens with one attached hydrogen (secondary N) is 3. The number of aliphatic hydroxyl groups is 2. The molecule has 0 radical (unpaired) electrons. The Morgan fingerprint density at radius 3 is 1.84 bits per heavy atom. The number of benzene rings is 2. The molecule has 0 aliphatic heterocycles. The molecule has 0 aromatic heterocycles. The van der Waals surface area contributed by atoms with Gasteiger partial charge in [0.15, 0.2) is 0 Å². The van der Waals surface area contributed by atoms with E-state index in [9.17, 15) is 24.6 Å². The summed E-state index contributed by atoms with van der Waals surface area (Å²) >= 11 is 0. The first-order chi connectivity index (χ1) is 21.2. The Kier molecular flexibility index (Phi) is 14.7. The Balaban J connectivity index is 1.84. The zero-order valence-electron chi connectivity index (χ0n) is 26.4. The van der Waals surface area contributed by atoms with Crippen molar-refractivity contribution in [3.05, 3.63) is 71.8 Å². The van der Waals surface area contributed by atoms with Gasteiger partial charge in [-0.05, 0) is 42.7 Å². The topological polar surface area (TPSA) is 137 Å². The molecule has 1 aliphatic rings. The molecule has 0 heterocycles. The van der Waals surface area contributed by atoms with Gasteiger partial charge in [-0.1, -0.05) is 107 Å². The molecule has 2 aromatic carbocycles. The minimum atomic E-state index is -1.15. The van der Waals surface area contributed by atoms with Crippen molar-refractivity contribution in [2.24, 2.45) is 11.8 Å². The van der Waals surface area contributed by atoms with Gasteiger partial charge >= 0.3 is 6.09 Å². The van der Waals surface area contributed by atoms with E-state index in [1.165, 1.54) is 6.42 Å². The zero-order valence-corrected chi connectivity index (χ0v) is 26.4. The van der Waals surface area contributed by atoms with E-state index in [1.807, 2.05) is 74.5 Å². The van der Waals surface area contributed by atoms with Crippen molar-refractivity contribution in [2.75, 3.05) is 6.61 Å². The molecule has 3 rings (SSSR count). The van der Waals surface area contributed by atoms with Crippen LogP contribution in [0.15, 0.2) is 60.7 Å². The molecule has 44 heavy (non-hydrogen) atoms. The fraction of sp³-hybridized carbons (Fsp3) is 0.571. The first-order valence-corrected chi connectivity index (χ1v) is 16.1. The summed E-state index contributed by atoms with van der Waals surface area (Å²) in [5.41, 5.74) is 1.68. The zero-order chi connectivity index (χ0) is 31.9. The summed E-state index contributed by atoms with van der Waals surface area (Å²) in [5, 5.41) is 30.6. The molecule has 1 saturated carbocycles. The molecular weight excluding hydrogens is 558 g/mol. The number of rotatable bonds is 16. The second kappa shape index (κ2) is 18.4. The highest BCUT2D eigenvalue weighted by atomic mass is 16.5. The molecule has 5 atom stereocenters. The van der Waals surface area contributed by atoms with Crippen molar-refractivity contribution in [3.63, 3.8) is 0 Å². The minimum Gasteiger partial charge on any atom is -0.450 e. The van der Waals surface area contributed by atoms with Gasteiger partial charge in [0.25, 0.3) is 0 Å². The van der Waals surface area contributed by atoms with Crippen LogP contribution in [0.3, 0.4) is 0 Å². The fourth-order valence-corrected chi connectivity index (χ4v) is 5.95. The van der Waals surface area contributed by atoms with E-state index in [2.05, 4.69) is 16.0 Å². The molecule has 0 saturated heterocycles. The van der Waals surface area contributed by atoms with Crippen LogP contribution < -0.4 is 16.0 Å². The maximum atomic E-state index is 14.0. The van der Waals surface area contributed by atoms with Crippen LogP contribution in [0.1, 0.15) is 76.8 Å². The number of ether oxygens (including phenoxy) is 1. The Bertz CT molecular complexity index is 1140. The van der Waals surface area contributed by atoms with E-state index in [4.69, 9.17) is 4.74 Å². The number of alkyl carbamates (subject to hydrolysis) is 1. The highest BCUT2D eigenvalue weighted by Crippen LogP contribution is 2.29. The van der Waals surface area contributed by atoms with Crippen LogP contribution >= 0.6 is 0 Å². The molecular formula is C35H51N3O6. The van der Waals surface area contributed by atoms with Crippen LogP contribution in [0.4, 0.5) is 4.79 Å². The average molecular weight is 610 g/mol. The lowest BCUT2D eigenvalue weighted by atomic mass is 9.82. The number of amides is 3.